The maximum atomic E-state index is 10.4. The van der Waals surface area contributed by atoms with E-state index >= 15 is 0 Å². The van der Waals surface area contributed by atoms with E-state index in [0.29, 0.717) is 0 Å². The van der Waals surface area contributed by atoms with Gasteiger partial charge < -0.3 is 9.84 Å². The summed E-state index contributed by atoms with van der Waals surface area (Å²) in [5.74, 6) is -1.12. The van der Waals surface area contributed by atoms with Crippen molar-refractivity contribution in [3.63, 3.8) is 0 Å². The van der Waals surface area contributed by atoms with Crippen LogP contribution in [-0.4, -0.2) is 28.2 Å². The fourth-order valence-electron chi connectivity index (χ4n) is 0.621. The van der Waals surface area contributed by atoms with Crippen LogP contribution in [0, 0.1) is 0 Å². The predicted octanol–water partition coefficient (Wildman–Crippen LogP) is 0.605. The number of carboxylic acid groups (broad SMARTS) is 1. The highest BCUT2D eigenvalue weighted by molar-refractivity contribution is 5.87. The summed E-state index contributed by atoms with van der Waals surface area (Å²) in [6.07, 6.45) is 2.66. The van der Waals surface area contributed by atoms with Crippen LogP contribution in [0.4, 0.5) is 0 Å². The average Bonchev–Trinajstić information content (AvgIpc) is 2.04. The van der Waals surface area contributed by atoms with Crippen molar-refractivity contribution in [3.8, 4) is 5.88 Å². The molecule has 0 fully saturated rings. The minimum absolute atomic E-state index is 0. The van der Waals surface area contributed by atoms with Crippen LogP contribution in [0.1, 0.15) is 10.5 Å². The van der Waals surface area contributed by atoms with Gasteiger partial charge in [0.15, 0.2) is 0 Å². The summed E-state index contributed by atoms with van der Waals surface area (Å²) in [6, 6.07) is 0. The maximum absolute atomic E-state index is 10.4. The first-order chi connectivity index (χ1) is 5.25. The molecule has 0 aliphatic rings. The number of carboxylic acids is 1. The molecular weight excluding hydrogens is 184 g/mol. The number of rotatable bonds is 2. The average molecular weight is 191 g/mol. The highest BCUT2D eigenvalue weighted by atomic mass is 35.5. The molecule has 0 unspecified atom stereocenters. The van der Waals surface area contributed by atoms with Crippen molar-refractivity contribution in [2.24, 2.45) is 0 Å². The van der Waals surface area contributed by atoms with Crippen molar-refractivity contribution in [3.05, 3.63) is 18.1 Å². The topological polar surface area (TPSA) is 72.3 Å². The third kappa shape index (κ3) is 2.06. The normalized spacial score (nSPS) is 8.42. The summed E-state index contributed by atoms with van der Waals surface area (Å²) < 4.78 is 4.65. The lowest BCUT2D eigenvalue weighted by molar-refractivity contribution is 0.0685. The summed E-state index contributed by atoms with van der Waals surface area (Å²) in [6.45, 7) is 0. The van der Waals surface area contributed by atoms with E-state index in [2.05, 4.69) is 14.7 Å². The largest absolute Gasteiger partial charge is 0.479 e. The Labute approximate surface area is 74.8 Å². The smallest absolute Gasteiger partial charge is 0.360 e. The third-order valence-corrected chi connectivity index (χ3v) is 1.06. The molecule has 1 heterocycles. The van der Waals surface area contributed by atoms with Crippen LogP contribution in [0.15, 0.2) is 12.4 Å². The number of hydrogen-bond donors (Lipinski definition) is 1. The molecule has 0 aliphatic carbocycles. The zero-order chi connectivity index (χ0) is 8.27. The summed E-state index contributed by atoms with van der Waals surface area (Å²) in [7, 11) is 1.34. The second kappa shape index (κ2) is 4.50. The predicted molar refractivity (Wildman–Crippen MR) is 42.8 cm³/mol. The number of hydrogen-bond acceptors (Lipinski definition) is 4. The molecule has 0 aromatic carbocycles. The van der Waals surface area contributed by atoms with Crippen LogP contribution in [-0.2, 0) is 0 Å². The van der Waals surface area contributed by atoms with Crippen LogP contribution in [0.25, 0.3) is 0 Å². The van der Waals surface area contributed by atoms with Gasteiger partial charge in [0.2, 0.25) is 11.6 Å². The van der Waals surface area contributed by atoms with Crippen LogP contribution in [0.5, 0.6) is 5.88 Å². The molecule has 0 spiro atoms. The Morgan fingerprint density at radius 3 is 2.50 bits per heavy atom. The minimum Gasteiger partial charge on any atom is -0.479 e. The number of nitrogens with zero attached hydrogens (tertiary/aromatic N) is 2. The first kappa shape index (κ1) is 10.6. The Kier molecular flexibility index (Phi) is 3.99. The van der Waals surface area contributed by atoms with Crippen molar-refractivity contribution in [1.29, 1.82) is 0 Å². The highest BCUT2D eigenvalue weighted by Crippen LogP contribution is 2.08. The molecule has 0 amide bonds. The molecule has 0 bridgehead atoms. The van der Waals surface area contributed by atoms with Crippen LogP contribution < -0.4 is 4.74 Å². The van der Waals surface area contributed by atoms with E-state index in [1.54, 1.807) is 0 Å². The molecule has 5 nitrogen and oxygen atoms in total. The molecule has 0 radical (unpaired) electrons. The molecule has 1 aromatic rings. The second-order valence-corrected chi connectivity index (χ2v) is 1.72. The van der Waals surface area contributed by atoms with E-state index in [9.17, 15) is 4.79 Å². The molecule has 0 saturated heterocycles. The first-order valence-electron chi connectivity index (χ1n) is 2.84. The molecule has 1 aromatic heterocycles. The van der Waals surface area contributed by atoms with Crippen molar-refractivity contribution < 1.29 is 14.6 Å². The molecule has 66 valence electrons. The standard InChI is InChI=1S/C6H6N2O3.ClH/c1-11-5-4(6(9)10)7-2-3-8-5;/h2-3H,1H3,(H,9,10);1H. The molecule has 12 heavy (non-hydrogen) atoms. The lowest BCUT2D eigenvalue weighted by Gasteiger charge is -1.99. The van der Waals surface area contributed by atoms with Crippen LogP contribution in [0.3, 0.4) is 0 Å². The number of carbonyl (C=O) groups is 1. The van der Waals surface area contributed by atoms with Crippen molar-refractivity contribution in [2.75, 3.05) is 7.11 Å². The van der Waals surface area contributed by atoms with Gasteiger partial charge in [-0.15, -0.1) is 12.4 Å². The van der Waals surface area contributed by atoms with Gasteiger partial charge in [-0.2, -0.15) is 0 Å². The lowest BCUT2D eigenvalue weighted by Crippen LogP contribution is -2.04. The van der Waals surface area contributed by atoms with E-state index < -0.39 is 5.97 Å². The lowest BCUT2D eigenvalue weighted by atomic mass is 10.4. The summed E-state index contributed by atoms with van der Waals surface area (Å²) >= 11 is 0. The van der Waals surface area contributed by atoms with Crippen LogP contribution >= 0.6 is 12.4 Å². The third-order valence-electron chi connectivity index (χ3n) is 1.06. The number of halogens is 1. The summed E-state index contributed by atoms with van der Waals surface area (Å²) in [5.41, 5.74) is -0.171. The summed E-state index contributed by atoms with van der Waals surface area (Å²) in [4.78, 5) is 17.6. The molecule has 0 aliphatic heterocycles. The Hall–Kier alpha value is -1.36. The fraction of sp³-hybridized carbons (Fsp3) is 0.167. The van der Waals surface area contributed by atoms with E-state index in [1.165, 1.54) is 19.5 Å². The van der Waals surface area contributed by atoms with E-state index in [4.69, 9.17) is 5.11 Å². The Morgan fingerprint density at radius 1 is 1.50 bits per heavy atom. The number of aromatic nitrogens is 2. The van der Waals surface area contributed by atoms with Crippen molar-refractivity contribution in [1.82, 2.24) is 9.97 Å². The molecular formula is C6H7ClN2O3. The SMILES string of the molecule is COc1nccnc1C(=O)O.Cl. The van der Waals surface area contributed by atoms with E-state index in [0.717, 1.165) is 0 Å². The van der Waals surface area contributed by atoms with Gasteiger partial charge in [-0.3, -0.25) is 0 Å². The fourth-order valence-corrected chi connectivity index (χ4v) is 0.621. The van der Waals surface area contributed by atoms with Gasteiger partial charge in [-0.1, -0.05) is 0 Å². The van der Waals surface area contributed by atoms with Crippen LogP contribution in [0.2, 0.25) is 0 Å². The molecule has 0 atom stereocenters. The van der Waals surface area contributed by atoms with Crippen molar-refractivity contribution >= 4 is 18.4 Å². The maximum Gasteiger partial charge on any atom is 0.360 e. The van der Waals surface area contributed by atoms with Crippen molar-refractivity contribution in [2.45, 2.75) is 0 Å². The Morgan fingerprint density at radius 2 is 2.08 bits per heavy atom. The molecule has 6 heteroatoms. The Balaban J connectivity index is 0.00000121. The first-order valence-corrected chi connectivity index (χ1v) is 2.84. The molecule has 1 rings (SSSR count). The Bertz CT molecular complexity index is 279. The van der Waals surface area contributed by atoms with Gasteiger partial charge in [0.25, 0.3) is 0 Å². The molecule has 1 N–H and O–H groups in total. The highest BCUT2D eigenvalue weighted by Gasteiger charge is 2.11. The minimum atomic E-state index is -1.14. The number of ether oxygens (including phenoxy) is 1. The second-order valence-electron chi connectivity index (χ2n) is 1.72. The zero-order valence-corrected chi connectivity index (χ0v) is 7.04. The van der Waals surface area contributed by atoms with Gasteiger partial charge in [0, 0.05) is 12.4 Å². The molecule has 0 saturated carbocycles. The zero-order valence-electron chi connectivity index (χ0n) is 6.22. The van der Waals surface area contributed by atoms with Gasteiger partial charge in [0.1, 0.15) is 0 Å². The van der Waals surface area contributed by atoms with Gasteiger partial charge in [0.05, 0.1) is 7.11 Å². The van der Waals surface area contributed by atoms with Gasteiger partial charge >= 0.3 is 5.97 Å². The number of methoxy groups -OCH3 is 1. The van der Waals surface area contributed by atoms with Gasteiger partial charge in [-0.05, 0) is 0 Å². The van der Waals surface area contributed by atoms with E-state index in [1.807, 2.05) is 0 Å². The van der Waals surface area contributed by atoms with E-state index in [-0.39, 0.29) is 24.0 Å². The summed E-state index contributed by atoms with van der Waals surface area (Å²) in [5, 5.41) is 8.51. The van der Waals surface area contributed by atoms with Gasteiger partial charge in [-0.25, -0.2) is 14.8 Å². The number of aromatic carboxylic acids is 1. The monoisotopic (exact) mass is 190 g/mol. The quantitative estimate of drug-likeness (QED) is 0.740.